The highest BCUT2D eigenvalue weighted by molar-refractivity contribution is 5.95. The number of carbonyl (C=O) groups is 5. The molecular formula is C44H73N11O6. The Labute approximate surface area is 362 Å². The maximum absolute atomic E-state index is 14.3. The van der Waals surface area contributed by atoms with Crippen molar-refractivity contribution in [2.24, 2.45) is 0 Å². The van der Waals surface area contributed by atoms with E-state index in [1.54, 1.807) is 33.3 Å². The molecule has 3 rings (SSSR count). The van der Waals surface area contributed by atoms with Crippen molar-refractivity contribution >= 4 is 29.5 Å². The van der Waals surface area contributed by atoms with Gasteiger partial charge < -0.3 is 63.6 Å². The smallest absolute Gasteiger partial charge is 0.243 e. The van der Waals surface area contributed by atoms with Gasteiger partial charge in [-0.25, -0.2) is 0 Å². The molecule has 4 bridgehead atoms. The van der Waals surface area contributed by atoms with Gasteiger partial charge in [0, 0.05) is 32.0 Å². The van der Waals surface area contributed by atoms with Crippen LogP contribution in [0.25, 0.3) is 11.1 Å². The zero-order valence-corrected chi connectivity index (χ0v) is 37.1. The Morgan fingerprint density at radius 1 is 0.705 bits per heavy atom. The summed E-state index contributed by atoms with van der Waals surface area (Å²) in [5.74, 6) is -1.90. The Hall–Kier alpha value is -4.65. The number of rotatable bonds is 25. The summed E-state index contributed by atoms with van der Waals surface area (Å²) in [7, 11) is 10.8. The van der Waals surface area contributed by atoms with Crippen molar-refractivity contribution in [1.29, 1.82) is 0 Å². The van der Waals surface area contributed by atoms with Crippen LogP contribution in [-0.2, 0) is 36.8 Å². The molecule has 1 heterocycles. The Morgan fingerprint density at radius 2 is 1.36 bits per heavy atom. The van der Waals surface area contributed by atoms with Gasteiger partial charge in [0.2, 0.25) is 29.5 Å². The Balaban J connectivity index is 1.81. The summed E-state index contributed by atoms with van der Waals surface area (Å²) in [4.78, 5) is 68.8. The molecule has 17 heteroatoms. The van der Waals surface area contributed by atoms with Gasteiger partial charge in [0.15, 0.2) is 0 Å². The molecule has 17 nitrogen and oxygen atoms in total. The van der Waals surface area contributed by atoms with Crippen LogP contribution in [0.1, 0.15) is 62.5 Å². The van der Waals surface area contributed by atoms with Crippen LogP contribution in [0.15, 0.2) is 42.5 Å². The molecule has 340 valence electrons. The Morgan fingerprint density at radius 3 is 2.05 bits per heavy atom. The third-order valence-corrected chi connectivity index (χ3v) is 11.2. The number of fused-ring (bicyclic) bond motifs is 5. The predicted octanol–water partition coefficient (Wildman–Crippen LogP) is -0.612. The molecule has 1 aliphatic rings. The third-order valence-electron chi connectivity index (χ3n) is 11.2. The number of phenols is 1. The monoisotopic (exact) mass is 852 g/mol. The first-order valence-electron chi connectivity index (χ1n) is 21.8. The Bertz CT molecular complexity index is 1680. The van der Waals surface area contributed by atoms with Gasteiger partial charge in [0.1, 0.15) is 23.9 Å². The molecule has 2 aromatic rings. The summed E-state index contributed by atoms with van der Waals surface area (Å²) in [5, 5.41) is 44.2. The van der Waals surface area contributed by atoms with Crippen LogP contribution >= 0.6 is 0 Å². The molecule has 12 N–H and O–H groups in total. The largest absolute Gasteiger partial charge is 0.508 e. The fraction of sp³-hybridized carbons (Fsp3) is 0.614. The minimum Gasteiger partial charge on any atom is -0.508 e. The van der Waals surface area contributed by atoms with Crippen LogP contribution in [0.3, 0.4) is 0 Å². The molecule has 5 amide bonds. The summed E-state index contributed by atoms with van der Waals surface area (Å²) in [6.07, 6.45) is 5.02. The van der Waals surface area contributed by atoms with Crippen LogP contribution in [0.4, 0.5) is 0 Å². The van der Waals surface area contributed by atoms with E-state index in [9.17, 15) is 29.1 Å². The summed E-state index contributed by atoms with van der Waals surface area (Å²) < 4.78 is 0. The SMILES string of the molecule is CNCCC[C@@H](CNC(=O)[C@H](CCCNC(=O)[C@@H](CCCNC)NC(=O)[C@@H]1Cc2cccc(c2)-c2ccc(O)c(c2)C[C@H](NC)C(=O)N[C@@H](CCCNC)C(=O)N1)NC)NC. The second kappa shape index (κ2) is 28.0. The highest BCUT2D eigenvalue weighted by Gasteiger charge is 2.31. The molecule has 0 radical (unpaired) electrons. The second-order valence-corrected chi connectivity index (χ2v) is 15.7. The van der Waals surface area contributed by atoms with E-state index in [0.717, 1.165) is 36.1 Å². The highest BCUT2D eigenvalue weighted by atomic mass is 16.3. The summed E-state index contributed by atoms with van der Waals surface area (Å²) >= 11 is 0. The van der Waals surface area contributed by atoms with Gasteiger partial charge in [0.05, 0.1) is 12.1 Å². The molecule has 0 spiro atoms. The normalized spacial score (nSPS) is 18.4. The Kier molecular flexibility index (Phi) is 23.3. The van der Waals surface area contributed by atoms with E-state index in [1.165, 1.54) is 0 Å². The van der Waals surface area contributed by atoms with Gasteiger partial charge in [-0.05, 0) is 148 Å². The third kappa shape index (κ3) is 17.3. The van der Waals surface area contributed by atoms with E-state index in [0.29, 0.717) is 70.3 Å². The maximum Gasteiger partial charge on any atom is 0.243 e. The first-order chi connectivity index (χ1) is 29.5. The highest BCUT2D eigenvalue weighted by Crippen LogP contribution is 2.28. The van der Waals surface area contributed by atoms with Crippen molar-refractivity contribution < 1.29 is 29.1 Å². The number of nitrogens with one attached hydrogen (secondary N) is 11. The maximum atomic E-state index is 14.3. The zero-order valence-electron chi connectivity index (χ0n) is 37.1. The van der Waals surface area contributed by atoms with Gasteiger partial charge in [-0.15, -0.1) is 0 Å². The van der Waals surface area contributed by atoms with Crippen molar-refractivity contribution in [3.63, 3.8) is 0 Å². The molecule has 2 aromatic carbocycles. The minimum atomic E-state index is -1.09. The molecule has 0 saturated heterocycles. The number of carbonyl (C=O) groups excluding carboxylic acids is 5. The fourth-order valence-corrected chi connectivity index (χ4v) is 7.39. The number of aromatic hydroxyl groups is 1. The van der Waals surface area contributed by atoms with Crippen molar-refractivity contribution in [3.8, 4) is 16.9 Å². The molecule has 0 aromatic heterocycles. The predicted molar refractivity (Wildman–Crippen MR) is 240 cm³/mol. The van der Waals surface area contributed by atoms with Gasteiger partial charge in [0.25, 0.3) is 0 Å². The molecule has 0 saturated carbocycles. The standard InChI is InChI=1S/C44H73N11O6/c1-45-20-8-14-33(48-4)28-52-40(57)34(49-5)15-11-23-51-41(58)35(16-9-21-46-2)53-44(61)38-25-29-12-7-13-30(24-29)31-18-19-39(56)32(26-31)27-37(50-6)43(60)54-36(42(59)55-38)17-10-22-47-3/h7,12-13,18-19,24,26,33-38,45-50,56H,8-11,14-17,20-23,25,27-28H2,1-6H3,(H,51,58)(H,52,57)(H,53,61)(H,54,60)(H,55,59)/t33-,34-,35+,36-,37-,38-/m0/s1. The molecule has 61 heavy (non-hydrogen) atoms. The number of hydrogen-bond acceptors (Lipinski definition) is 12. The second-order valence-electron chi connectivity index (χ2n) is 15.7. The number of hydrogen-bond donors (Lipinski definition) is 12. The summed E-state index contributed by atoms with van der Waals surface area (Å²) in [6.45, 7) is 2.93. The van der Waals surface area contributed by atoms with E-state index in [1.807, 2.05) is 51.5 Å². The zero-order chi connectivity index (χ0) is 44.6. The average molecular weight is 852 g/mol. The van der Waals surface area contributed by atoms with Crippen LogP contribution in [-0.4, -0.2) is 146 Å². The minimum absolute atomic E-state index is 0.0560. The van der Waals surface area contributed by atoms with Crippen molar-refractivity contribution in [3.05, 3.63) is 53.6 Å². The first kappa shape index (κ1) is 50.7. The van der Waals surface area contributed by atoms with Gasteiger partial charge in [-0.2, -0.15) is 0 Å². The van der Waals surface area contributed by atoms with Crippen LogP contribution in [0, 0.1) is 0 Å². The molecular weight excluding hydrogens is 779 g/mol. The molecule has 6 atom stereocenters. The van der Waals surface area contributed by atoms with E-state index in [4.69, 9.17) is 0 Å². The molecule has 1 aliphatic heterocycles. The van der Waals surface area contributed by atoms with Gasteiger partial charge in [-0.1, -0.05) is 30.3 Å². The van der Waals surface area contributed by atoms with Crippen LogP contribution in [0.5, 0.6) is 5.75 Å². The van der Waals surface area contributed by atoms with Crippen LogP contribution < -0.4 is 58.5 Å². The lowest BCUT2D eigenvalue weighted by Gasteiger charge is -2.26. The van der Waals surface area contributed by atoms with E-state index in [2.05, 4.69) is 58.5 Å². The van der Waals surface area contributed by atoms with E-state index >= 15 is 0 Å². The quantitative estimate of drug-likeness (QED) is 0.0561. The lowest BCUT2D eigenvalue weighted by molar-refractivity contribution is -0.134. The summed E-state index contributed by atoms with van der Waals surface area (Å²) in [6, 6.07) is 8.86. The van der Waals surface area contributed by atoms with E-state index < -0.39 is 47.9 Å². The topological polar surface area (TPSA) is 238 Å². The van der Waals surface area contributed by atoms with Crippen LogP contribution in [0.2, 0.25) is 0 Å². The molecule has 0 unspecified atom stereocenters. The van der Waals surface area contributed by atoms with Gasteiger partial charge >= 0.3 is 0 Å². The number of amides is 5. The lowest BCUT2D eigenvalue weighted by Crippen LogP contribution is -2.58. The summed E-state index contributed by atoms with van der Waals surface area (Å²) in [5.41, 5.74) is 2.98. The molecule has 0 aliphatic carbocycles. The van der Waals surface area contributed by atoms with Crippen molar-refractivity contribution in [2.45, 2.75) is 100 Å². The lowest BCUT2D eigenvalue weighted by atomic mass is 9.95. The average Bonchev–Trinajstić information content (AvgIpc) is 3.26. The number of phenolic OH excluding ortho intramolecular Hbond substituents is 1. The van der Waals surface area contributed by atoms with Gasteiger partial charge in [-0.3, -0.25) is 24.0 Å². The first-order valence-corrected chi connectivity index (χ1v) is 21.8. The molecule has 0 fully saturated rings. The number of likely N-dealkylation sites (N-methyl/N-ethyl adjacent to an activating group) is 3. The van der Waals surface area contributed by atoms with Crippen molar-refractivity contribution in [2.75, 3.05) is 75.0 Å². The fourth-order valence-electron chi connectivity index (χ4n) is 7.39. The number of benzene rings is 2. The van der Waals surface area contributed by atoms with E-state index in [-0.39, 0.29) is 36.4 Å². The van der Waals surface area contributed by atoms with Crippen molar-refractivity contribution in [1.82, 2.24) is 58.5 Å².